The summed E-state index contributed by atoms with van der Waals surface area (Å²) in [5, 5.41) is 10.7. The molecule has 10 nitrogen and oxygen atoms in total. The second kappa shape index (κ2) is 12.4. The average Bonchev–Trinajstić information content (AvgIpc) is 3.35. The molecule has 0 fully saturated rings. The van der Waals surface area contributed by atoms with E-state index >= 15 is 0 Å². The van der Waals surface area contributed by atoms with Gasteiger partial charge >= 0.3 is 0 Å². The minimum absolute atomic E-state index is 0.0790. The Hall–Kier alpha value is -2.83. The number of rotatable bonds is 9. The Morgan fingerprint density at radius 2 is 1.98 bits per heavy atom. The number of benzene rings is 2. The van der Waals surface area contributed by atoms with Gasteiger partial charge in [0.05, 0.1) is 34.6 Å². The molecule has 3 aromatic rings. The van der Waals surface area contributed by atoms with E-state index in [1.54, 1.807) is 37.1 Å². The fraction of sp³-hybridized carbons (Fsp3) is 0.407. The molecule has 1 amide bonds. The lowest BCUT2D eigenvalue weighted by atomic mass is 9.99. The predicted octanol–water partition coefficient (Wildman–Crippen LogP) is 3.88. The van der Waals surface area contributed by atoms with Crippen LogP contribution in [0.5, 0.6) is 5.75 Å². The summed E-state index contributed by atoms with van der Waals surface area (Å²) in [5.74, 6) is -0.102. The molecule has 0 saturated carbocycles. The van der Waals surface area contributed by atoms with Crippen LogP contribution in [0.3, 0.4) is 0 Å². The number of aryl methyl sites for hydroxylation is 1. The number of nitrogens with one attached hydrogen (secondary N) is 1. The number of amides is 1. The van der Waals surface area contributed by atoms with Crippen LogP contribution in [0.2, 0.25) is 10.0 Å². The zero-order chi connectivity index (χ0) is 29.2. The first-order valence-electron chi connectivity index (χ1n) is 12.7. The van der Waals surface area contributed by atoms with Crippen LogP contribution in [0, 0.1) is 5.92 Å². The van der Waals surface area contributed by atoms with Gasteiger partial charge in [0, 0.05) is 44.5 Å². The molecule has 4 rings (SSSR count). The van der Waals surface area contributed by atoms with Crippen molar-refractivity contribution in [2.24, 2.45) is 13.0 Å². The summed E-state index contributed by atoms with van der Waals surface area (Å²) >= 11 is 12.2. The van der Waals surface area contributed by atoms with Crippen LogP contribution >= 0.6 is 23.2 Å². The number of carbonyl (C=O) groups excluding carboxylic acids is 1. The Bertz CT molecular complexity index is 1480. The fourth-order valence-corrected chi connectivity index (χ4v) is 5.91. The summed E-state index contributed by atoms with van der Waals surface area (Å²) in [6, 6.07) is 9.66. The maximum Gasteiger partial charge on any atom is 0.280 e. The standard InChI is InChI=1S/C27H33Cl2N5O5S/c1-17-11-34(18(2)15-35)27(36)21-10-20(31-40(37,38)26-14-33(4)16-30-26)6-8-24(21)39-25(17)13-32(3)12-19-5-7-22(28)23(29)9-19/h5-10,14,16-18,25,31,35H,11-13,15H2,1-4H3/t17-,18+,25+/m1/s1. The first kappa shape index (κ1) is 30.1. The number of likely N-dealkylation sites (N-methyl/N-ethyl adjacent to an activating group) is 1. The number of sulfonamides is 1. The number of hydrogen-bond donors (Lipinski definition) is 2. The highest BCUT2D eigenvalue weighted by atomic mass is 35.5. The van der Waals surface area contributed by atoms with Crippen molar-refractivity contribution in [3.63, 3.8) is 0 Å². The van der Waals surface area contributed by atoms with Crippen molar-refractivity contribution >= 4 is 44.8 Å². The van der Waals surface area contributed by atoms with Crippen molar-refractivity contribution in [2.75, 3.05) is 31.5 Å². The summed E-state index contributed by atoms with van der Waals surface area (Å²) in [6.45, 7) is 5.02. The number of aromatic nitrogens is 2. The van der Waals surface area contributed by atoms with E-state index in [9.17, 15) is 18.3 Å². The molecule has 1 aliphatic rings. The van der Waals surface area contributed by atoms with Crippen molar-refractivity contribution in [3.8, 4) is 5.75 Å². The molecule has 2 heterocycles. The average molecular weight is 611 g/mol. The summed E-state index contributed by atoms with van der Waals surface area (Å²) in [6.07, 6.45) is 2.46. The van der Waals surface area contributed by atoms with Gasteiger partial charge in [-0.15, -0.1) is 0 Å². The number of anilines is 1. The van der Waals surface area contributed by atoms with Gasteiger partial charge in [0.15, 0.2) is 5.03 Å². The number of imidazole rings is 1. The van der Waals surface area contributed by atoms with Gasteiger partial charge < -0.3 is 19.3 Å². The number of halogens is 2. The highest BCUT2D eigenvalue weighted by molar-refractivity contribution is 7.92. The van der Waals surface area contributed by atoms with Crippen molar-refractivity contribution < 1.29 is 23.1 Å². The summed E-state index contributed by atoms with van der Waals surface area (Å²) in [7, 11) is -0.335. The number of ether oxygens (including phenoxy) is 1. The smallest absolute Gasteiger partial charge is 0.280 e. The van der Waals surface area contributed by atoms with Crippen LogP contribution in [0.25, 0.3) is 0 Å². The SMILES string of the molecule is C[C@@H]1CN([C@@H](C)CO)C(=O)c2cc(NS(=O)(=O)c3cn(C)cn3)ccc2O[C@H]1CN(C)Cc1ccc(Cl)c(Cl)c1. The zero-order valence-corrected chi connectivity index (χ0v) is 25.0. The van der Waals surface area contributed by atoms with Crippen LogP contribution in [0.1, 0.15) is 29.8 Å². The van der Waals surface area contributed by atoms with Gasteiger partial charge in [-0.05, 0) is 49.9 Å². The predicted molar refractivity (Wildman–Crippen MR) is 154 cm³/mol. The molecule has 0 spiro atoms. The van der Waals surface area contributed by atoms with Crippen molar-refractivity contribution in [1.29, 1.82) is 0 Å². The fourth-order valence-electron chi connectivity index (χ4n) is 4.56. The van der Waals surface area contributed by atoms with Gasteiger partial charge in [0.1, 0.15) is 11.9 Å². The third kappa shape index (κ3) is 6.90. The van der Waals surface area contributed by atoms with Crippen LogP contribution in [-0.4, -0.2) is 77.7 Å². The molecule has 216 valence electrons. The molecule has 0 bridgehead atoms. The Morgan fingerprint density at radius 3 is 2.62 bits per heavy atom. The molecule has 2 aromatic carbocycles. The van der Waals surface area contributed by atoms with E-state index in [1.807, 2.05) is 26.1 Å². The molecule has 1 aromatic heterocycles. The maximum absolute atomic E-state index is 13.7. The number of hydrogen-bond acceptors (Lipinski definition) is 7. The van der Waals surface area contributed by atoms with Crippen molar-refractivity contribution in [2.45, 2.75) is 37.6 Å². The Balaban J connectivity index is 1.62. The van der Waals surface area contributed by atoms with Gasteiger partial charge in [0.25, 0.3) is 15.9 Å². The van der Waals surface area contributed by atoms with E-state index in [1.165, 1.54) is 23.2 Å². The Morgan fingerprint density at radius 1 is 1.23 bits per heavy atom. The minimum Gasteiger partial charge on any atom is -0.488 e. The first-order chi connectivity index (χ1) is 18.9. The van der Waals surface area contributed by atoms with Gasteiger partial charge in [-0.1, -0.05) is 36.2 Å². The molecule has 13 heteroatoms. The molecule has 0 radical (unpaired) electrons. The molecule has 0 saturated heterocycles. The van der Waals surface area contributed by atoms with Gasteiger partial charge in [-0.25, -0.2) is 4.98 Å². The normalized spacial score (nSPS) is 18.6. The van der Waals surface area contributed by atoms with Crippen LogP contribution in [-0.2, 0) is 23.6 Å². The molecule has 0 aliphatic carbocycles. The Labute approximate surface area is 244 Å². The van der Waals surface area contributed by atoms with Crippen LogP contribution < -0.4 is 9.46 Å². The van der Waals surface area contributed by atoms with E-state index in [0.717, 1.165) is 5.56 Å². The number of nitrogens with zero attached hydrogens (tertiary/aromatic N) is 4. The van der Waals surface area contributed by atoms with Crippen LogP contribution in [0.4, 0.5) is 5.69 Å². The largest absolute Gasteiger partial charge is 0.488 e. The maximum atomic E-state index is 13.7. The summed E-state index contributed by atoms with van der Waals surface area (Å²) in [5.41, 5.74) is 1.39. The molecular formula is C27H33Cl2N5O5S. The van der Waals surface area contributed by atoms with Crippen molar-refractivity contribution in [1.82, 2.24) is 19.4 Å². The van der Waals surface area contributed by atoms with E-state index in [4.69, 9.17) is 27.9 Å². The first-order valence-corrected chi connectivity index (χ1v) is 15.0. The van der Waals surface area contributed by atoms with Gasteiger partial charge in [-0.2, -0.15) is 8.42 Å². The van der Waals surface area contributed by atoms with Gasteiger partial charge in [0.2, 0.25) is 0 Å². The monoisotopic (exact) mass is 609 g/mol. The lowest BCUT2D eigenvalue weighted by Crippen LogP contribution is -2.49. The molecule has 2 N–H and O–H groups in total. The van der Waals surface area contributed by atoms with Crippen LogP contribution in [0.15, 0.2) is 53.9 Å². The third-order valence-corrected chi connectivity index (χ3v) is 8.81. The zero-order valence-electron chi connectivity index (χ0n) is 22.7. The molecule has 40 heavy (non-hydrogen) atoms. The summed E-state index contributed by atoms with van der Waals surface area (Å²) < 4.78 is 36.1. The third-order valence-electron chi connectivity index (χ3n) is 6.80. The van der Waals surface area contributed by atoms with E-state index in [-0.39, 0.29) is 40.8 Å². The molecule has 3 atom stereocenters. The second-order valence-electron chi connectivity index (χ2n) is 10.3. The summed E-state index contributed by atoms with van der Waals surface area (Å²) in [4.78, 5) is 21.3. The number of aliphatic hydroxyl groups excluding tert-OH is 1. The number of aliphatic hydroxyl groups is 1. The minimum atomic E-state index is -3.97. The quantitative estimate of drug-likeness (QED) is 0.378. The Kier molecular flexibility index (Phi) is 9.31. The van der Waals surface area contributed by atoms with E-state index < -0.39 is 16.1 Å². The van der Waals surface area contributed by atoms with Gasteiger partial charge in [-0.3, -0.25) is 14.4 Å². The molecular weight excluding hydrogens is 577 g/mol. The number of carbonyl (C=O) groups is 1. The highest BCUT2D eigenvalue weighted by Gasteiger charge is 2.34. The topological polar surface area (TPSA) is 117 Å². The van der Waals surface area contributed by atoms with Crippen molar-refractivity contribution in [3.05, 3.63) is 70.1 Å². The van der Waals surface area contributed by atoms with E-state index in [0.29, 0.717) is 35.4 Å². The molecule has 1 aliphatic heterocycles. The highest BCUT2D eigenvalue weighted by Crippen LogP contribution is 2.31. The lowest BCUT2D eigenvalue weighted by molar-refractivity contribution is 0.0341. The lowest BCUT2D eigenvalue weighted by Gasteiger charge is -2.38. The van der Waals surface area contributed by atoms with E-state index in [2.05, 4.69) is 14.6 Å². The number of fused-ring (bicyclic) bond motifs is 1. The molecule has 0 unspecified atom stereocenters. The second-order valence-corrected chi connectivity index (χ2v) is 12.7.